The molecular weight excluding hydrogens is 254 g/mol. The molecule has 4 heteroatoms. The van der Waals surface area contributed by atoms with Crippen molar-refractivity contribution in [3.63, 3.8) is 0 Å². The first-order valence-corrected chi connectivity index (χ1v) is 6.76. The van der Waals surface area contributed by atoms with Gasteiger partial charge in [0.15, 0.2) is 0 Å². The van der Waals surface area contributed by atoms with Crippen LogP contribution < -0.4 is 5.32 Å². The third-order valence-electron chi connectivity index (χ3n) is 3.20. The molecule has 2 atom stereocenters. The van der Waals surface area contributed by atoms with Crippen LogP contribution in [0.15, 0.2) is 53.1 Å². The van der Waals surface area contributed by atoms with Crippen molar-refractivity contribution in [2.75, 3.05) is 20.3 Å². The van der Waals surface area contributed by atoms with Crippen molar-refractivity contribution in [2.24, 2.45) is 0 Å². The fourth-order valence-electron chi connectivity index (χ4n) is 2.26. The SMILES string of the molecule is COCC(Cc1ccccc1)NC(CO)c1ccco1. The third kappa shape index (κ3) is 4.20. The van der Waals surface area contributed by atoms with Crippen LogP contribution in [0.1, 0.15) is 17.4 Å². The minimum Gasteiger partial charge on any atom is -0.468 e. The van der Waals surface area contributed by atoms with Crippen molar-refractivity contribution in [1.29, 1.82) is 0 Å². The molecule has 1 heterocycles. The second-order valence-electron chi connectivity index (χ2n) is 4.76. The second-order valence-corrected chi connectivity index (χ2v) is 4.76. The van der Waals surface area contributed by atoms with Crippen molar-refractivity contribution in [2.45, 2.75) is 18.5 Å². The molecule has 0 spiro atoms. The average Bonchev–Trinajstić information content (AvgIpc) is 3.00. The van der Waals surface area contributed by atoms with Gasteiger partial charge in [0.25, 0.3) is 0 Å². The lowest BCUT2D eigenvalue weighted by Crippen LogP contribution is -2.39. The van der Waals surface area contributed by atoms with Crippen LogP contribution in [-0.2, 0) is 11.2 Å². The molecule has 2 N–H and O–H groups in total. The highest BCUT2D eigenvalue weighted by atomic mass is 16.5. The summed E-state index contributed by atoms with van der Waals surface area (Å²) >= 11 is 0. The molecule has 0 bridgehead atoms. The van der Waals surface area contributed by atoms with E-state index in [1.54, 1.807) is 13.4 Å². The van der Waals surface area contributed by atoms with E-state index < -0.39 is 0 Å². The van der Waals surface area contributed by atoms with E-state index in [9.17, 15) is 5.11 Å². The Morgan fingerprint density at radius 2 is 2.00 bits per heavy atom. The lowest BCUT2D eigenvalue weighted by Gasteiger charge is -2.23. The molecule has 20 heavy (non-hydrogen) atoms. The van der Waals surface area contributed by atoms with Gasteiger partial charge in [-0.3, -0.25) is 5.32 Å². The first kappa shape index (κ1) is 14.8. The summed E-state index contributed by atoms with van der Waals surface area (Å²) in [5.41, 5.74) is 1.23. The number of ether oxygens (including phenoxy) is 1. The maximum absolute atomic E-state index is 9.52. The Bertz CT molecular complexity index is 470. The van der Waals surface area contributed by atoms with Crippen LogP contribution in [0.3, 0.4) is 0 Å². The molecule has 0 saturated carbocycles. The van der Waals surface area contributed by atoms with Gasteiger partial charge in [0.2, 0.25) is 0 Å². The summed E-state index contributed by atoms with van der Waals surface area (Å²) in [6.07, 6.45) is 2.45. The van der Waals surface area contributed by atoms with Crippen LogP contribution >= 0.6 is 0 Å². The first-order valence-electron chi connectivity index (χ1n) is 6.76. The van der Waals surface area contributed by atoms with Crippen LogP contribution in [-0.4, -0.2) is 31.5 Å². The Kier molecular flexibility index (Phi) is 5.80. The second kappa shape index (κ2) is 7.85. The zero-order valence-corrected chi connectivity index (χ0v) is 11.7. The van der Waals surface area contributed by atoms with Crippen molar-refractivity contribution in [3.8, 4) is 0 Å². The van der Waals surface area contributed by atoms with Gasteiger partial charge >= 0.3 is 0 Å². The quantitative estimate of drug-likeness (QED) is 0.775. The van der Waals surface area contributed by atoms with E-state index >= 15 is 0 Å². The highest BCUT2D eigenvalue weighted by molar-refractivity contribution is 5.16. The standard InChI is InChI=1S/C16H21NO3/c1-19-12-14(10-13-6-3-2-4-7-13)17-15(11-18)16-8-5-9-20-16/h2-9,14-15,17-18H,10-12H2,1H3. The maximum atomic E-state index is 9.52. The Balaban J connectivity index is 2.01. The van der Waals surface area contributed by atoms with Crippen molar-refractivity contribution >= 4 is 0 Å². The highest BCUT2D eigenvalue weighted by Gasteiger charge is 2.18. The highest BCUT2D eigenvalue weighted by Crippen LogP contribution is 2.15. The molecule has 0 radical (unpaired) electrons. The van der Waals surface area contributed by atoms with Gasteiger partial charge in [0.05, 0.1) is 25.5 Å². The Morgan fingerprint density at radius 1 is 1.20 bits per heavy atom. The molecule has 2 unspecified atom stereocenters. The van der Waals surface area contributed by atoms with Gasteiger partial charge in [-0.2, -0.15) is 0 Å². The molecule has 2 rings (SSSR count). The van der Waals surface area contributed by atoms with E-state index in [-0.39, 0.29) is 18.7 Å². The summed E-state index contributed by atoms with van der Waals surface area (Å²) in [7, 11) is 1.68. The normalized spacial score (nSPS) is 14.1. The summed E-state index contributed by atoms with van der Waals surface area (Å²) in [5.74, 6) is 0.738. The molecule has 0 aliphatic heterocycles. The number of rotatable bonds is 8. The van der Waals surface area contributed by atoms with E-state index in [1.807, 2.05) is 30.3 Å². The number of aliphatic hydroxyl groups is 1. The largest absolute Gasteiger partial charge is 0.468 e. The Labute approximate surface area is 119 Å². The number of hydrogen-bond donors (Lipinski definition) is 2. The summed E-state index contributed by atoms with van der Waals surface area (Å²) < 4.78 is 10.6. The van der Waals surface area contributed by atoms with Gasteiger partial charge in [-0.1, -0.05) is 30.3 Å². The van der Waals surface area contributed by atoms with Crippen LogP contribution in [0.5, 0.6) is 0 Å². The van der Waals surface area contributed by atoms with Crippen LogP contribution in [0.2, 0.25) is 0 Å². The Hall–Kier alpha value is -1.62. The summed E-state index contributed by atoms with van der Waals surface area (Å²) in [6, 6.07) is 13.8. The zero-order valence-electron chi connectivity index (χ0n) is 11.7. The number of aliphatic hydroxyl groups excluding tert-OH is 1. The van der Waals surface area contributed by atoms with Crippen LogP contribution in [0, 0.1) is 0 Å². The van der Waals surface area contributed by atoms with Crippen LogP contribution in [0.4, 0.5) is 0 Å². The maximum Gasteiger partial charge on any atom is 0.123 e. The minimum absolute atomic E-state index is 0.0114. The fourth-order valence-corrected chi connectivity index (χ4v) is 2.26. The molecule has 1 aromatic carbocycles. The summed E-state index contributed by atoms with van der Waals surface area (Å²) in [6.45, 7) is 0.564. The lowest BCUT2D eigenvalue weighted by molar-refractivity contribution is 0.143. The van der Waals surface area contributed by atoms with E-state index in [4.69, 9.17) is 9.15 Å². The van der Waals surface area contributed by atoms with E-state index in [2.05, 4.69) is 17.4 Å². The van der Waals surface area contributed by atoms with Gasteiger partial charge < -0.3 is 14.3 Å². The fraction of sp³-hybridized carbons (Fsp3) is 0.375. The topological polar surface area (TPSA) is 54.6 Å². The number of benzene rings is 1. The Morgan fingerprint density at radius 3 is 2.60 bits per heavy atom. The van der Waals surface area contributed by atoms with Crippen molar-refractivity contribution < 1.29 is 14.3 Å². The number of furan rings is 1. The van der Waals surface area contributed by atoms with E-state index in [0.29, 0.717) is 6.61 Å². The molecule has 4 nitrogen and oxygen atoms in total. The molecule has 0 saturated heterocycles. The molecule has 1 aromatic heterocycles. The predicted octanol–water partition coefficient (Wildman–Crippen LogP) is 2.16. The smallest absolute Gasteiger partial charge is 0.123 e. The van der Waals surface area contributed by atoms with Gasteiger partial charge in [0, 0.05) is 13.2 Å². The monoisotopic (exact) mass is 275 g/mol. The molecule has 0 aliphatic carbocycles. The molecule has 0 fully saturated rings. The number of hydrogen-bond acceptors (Lipinski definition) is 4. The molecule has 2 aromatic rings. The lowest BCUT2D eigenvalue weighted by atomic mass is 10.1. The molecule has 0 amide bonds. The number of methoxy groups -OCH3 is 1. The molecule has 108 valence electrons. The summed E-state index contributed by atoms with van der Waals surface area (Å²) in [5, 5.41) is 12.9. The minimum atomic E-state index is -0.214. The van der Waals surface area contributed by atoms with Crippen molar-refractivity contribution in [1.82, 2.24) is 5.32 Å². The van der Waals surface area contributed by atoms with Crippen LogP contribution in [0.25, 0.3) is 0 Å². The van der Waals surface area contributed by atoms with E-state index in [0.717, 1.165) is 12.2 Å². The van der Waals surface area contributed by atoms with Crippen molar-refractivity contribution in [3.05, 3.63) is 60.1 Å². The average molecular weight is 275 g/mol. The zero-order chi connectivity index (χ0) is 14.2. The predicted molar refractivity (Wildman–Crippen MR) is 77.5 cm³/mol. The van der Waals surface area contributed by atoms with E-state index in [1.165, 1.54) is 5.56 Å². The van der Waals surface area contributed by atoms with Gasteiger partial charge in [-0.15, -0.1) is 0 Å². The van der Waals surface area contributed by atoms with Gasteiger partial charge in [-0.25, -0.2) is 0 Å². The van der Waals surface area contributed by atoms with Gasteiger partial charge in [-0.05, 0) is 24.1 Å². The number of nitrogens with one attached hydrogen (secondary N) is 1. The first-order chi connectivity index (χ1) is 9.83. The summed E-state index contributed by atoms with van der Waals surface area (Å²) in [4.78, 5) is 0. The molecule has 0 aliphatic rings. The third-order valence-corrected chi connectivity index (χ3v) is 3.20. The molecular formula is C16H21NO3. The van der Waals surface area contributed by atoms with Gasteiger partial charge in [0.1, 0.15) is 5.76 Å².